The Morgan fingerprint density at radius 3 is 0.739 bits per heavy atom. The van der Waals surface area contributed by atoms with Crippen molar-refractivity contribution >= 4 is 39.5 Å². The van der Waals surface area contributed by atoms with Crippen LogP contribution in [0.15, 0.2) is 0 Å². The van der Waals surface area contributed by atoms with Crippen molar-refractivity contribution in [3.05, 3.63) is 0 Å². The maximum Gasteiger partial charge on any atom is 0.472 e. The van der Waals surface area contributed by atoms with Crippen LogP contribution in [-0.4, -0.2) is 96.7 Å². The zero-order valence-electron chi connectivity index (χ0n) is 59.7. The van der Waals surface area contributed by atoms with E-state index in [9.17, 15) is 43.2 Å². The summed E-state index contributed by atoms with van der Waals surface area (Å²) in [6, 6.07) is 0. The number of aliphatic hydroxyl groups excluding tert-OH is 1. The summed E-state index contributed by atoms with van der Waals surface area (Å²) in [5, 5.41) is 10.6. The molecule has 0 aliphatic rings. The van der Waals surface area contributed by atoms with E-state index in [1.165, 1.54) is 199 Å². The molecule has 0 radical (unpaired) electrons. The number of rotatable bonds is 73. The normalized spacial score (nSPS) is 14.0. The maximum absolute atomic E-state index is 13.1. The third-order valence-corrected chi connectivity index (χ3v) is 18.9. The van der Waals surface area contributed by atoms with Crippen molar-refractivity contribution in [2.24, 2.45) is 5.92 Å². The summed E-state index contributed by atoms with van der Waals surface area (Å²) in [5.41, 5.74) is 0. The zero-order chi connectivity index (χ0) is 67.7. The first-order chi connectivity index (χ1) is 44.5. The zero-order valence-corrected chi connectivity index (χ0v) is 61.5. The monoisotopic (exact) mass is 1350 g/mol. The van der Waals surface area contributed by atoms with Crippen LogP contribution in [0.5, 0.6) is 0 Å². The summed E-state index contributed by atoms with van der Waals surface area (Å²) < 4.78 is 68.4. The smallest absolute Gasteiger partial charge is 0.462 e. The standard InChI is InChI=1S/C73H142O17P2/c1-6-9-12-15-18-21-24-27-28-29-30-32-35-38-43-49-54-59-73(78)89-68(62-83-70(75)56-51-46-41-36-34-31-25-22-19-16-13-10-7-2)64-87-91(79,80)85-60-67(74)61-86-92(81,82)88-65-69(63-84-71(76)57-52-47-44-39-40-45-50-55-66(4)5)90-72(77)58-53-48-42-37-33-26-23-20-17-14-11-8-3/h66-69,74H,6-65H2,1-5H3,(H,79,80)(H,81,82)/t67-,68-,69-/m1/s1. The Hall–Kier alpha value is -1.94. The number of phosphoric acid groups is 2. The molecule has 0 aromatic rings. The van der Waals surface area contributed by atoms with Gasteiger partial charge in [0.15, 0.2) is 12.2 Å². The van der Waals surface area contributed by atoms with Crippen LogP contribution in [0.25, 0.3) is 0 Å². The fraction of sp³-hybridized carbons (Fsp3) is 0.945. The van der Waals surface area contributed by atoms with Gasteiger partial charge in [-0.05, 0) is 31.6 Å². The minimum Gasteiger partial charge on any atom is -0.462 e. The van der Waals surface area contributed by atoms with E-state index in [1.807, 2.05) is 0 Å². The van der Waals surface area contributed by atoms with Crippen LogP contribution in [0, 0.1) is 5.92 Å². The molecule has 0 aliphatic heterocycles. The molecule has 0 saturated carbocycles. The summed E-state index contributed by atoms with van der Waals surface area (Å²) in [5.74, 6) is -1.41. The second kappa shape index (κ2) is 66.3. The Morgan fingerprint density at radius 1 is 0.293 bits per heavy atom. The maximum atomic E-state index is 13.1. The van der Waals surface area contributed by atoms with Gasteiger partial charge in [0.25, 0.3) is 0 Å². The van der Waals surface area contributed by atoms with Crippen LogP contribution >= 0.6 is 15.6 Å². The third-order valence-electron chi connectivity index (χ3n) is 17.0. The van der Waals surface area contributed by atoms with Crippen LogP contribution < -0.4 is 0 Å². The van der Waals surface area contributed by atoms with E-state index in [-0.39, 0.29) is 25.7 Å². The van der Waals surface area contributed by atoms with Crippen LogP contribution in [-0.2, 0) is 65.4 Å². The van der Waals surface area contributed by atoms with Gasteiger partial charge in [0, 0.05) is 25.7 Å². The highest BCUT2D eigenvalue weighted by Crippen LogP contribution is 2.45. The summed E-state index contributed by atoms with van der Waals surface area (Å²) >= 11 is 0. The van der Waals surface area contributed by atoms with Gasteiger partial charge < -0.3 is 33.8 Å². The Kier molecular flexibility index (Phi) is 64.9. The van der Waals surface area contributed by atoms with Gasteiger partial charge in [0.1, 0.15) is 19.3 Å². The number of carbonyl (C=O) groups is 4. The van der Waals surface area contributed by atoms with Crippen LogP contribution in [0.2, 0.25) is 0 Å². The largest absolute Gasteiger partial charge is 0.472 e. The fourth-order valence-electron chi connectivity index (χ4n) is 11.2. The molecule has 0 amide bonds. The summed E-state index contributed by atoms with van der Waals surface area (Å²) in [7, 11) is -9.90. The highest BCUT2D eigenvalue weighted by Gasteiger charge is 2.30. The number of hydrogen-bond acceptors (Lipinski definition) is 15. The molecule has 546 valence electrons. The number of phosphoric ester groups is 2. The van der Waals surface area contributed by atoms with E-state index < -0.39 is 97.5 Å². The highest BCUT2D eigenvalue weighted by molar-refractivity contribution is 7.47. The molecular weight excluding hydrogens is 1210 g/mol. The first-order valence-electron chi connectivity index (χ1n) is 38.1. The third kappa shape index (κ3) is 66.7. The predicted octanol–water partition coefficient (Wildman–Crippen LogP) is 21.3. The van der Waals surface area contributed by atoms with Crippen LogP contribution in [0.3, 0.4) is 0 Å². The van der Waals surface area contributed by atoms with E-state index in [1.54, 1.807) is 0 Å². The lowest BCUT2D eigenvalue weighted by molar-refractivity contribution is -0.161. The SMILES string of the molecule is CCCCCCCCCCCCCCCCCCCC(=O)O[C@H](COC(=O)CCCCCCCCCCCCCCC)COP(=O)(O)OC[C@@H](O)COP(=O)(O)OC[C@@H](COC(=O)CCCCCCCCCC(C)C)OC(=O)CCCCCCCCCCCCCC. The Bertz CT molecular complexity index is 1770. The van der Waals surface area contributed by atoms with Gasteiger partial charge in [-0.3, -0.25) is 37.3 Å². The van der Waals surface area contributed by atoms with Crippen molar-refractivity contribution in [1.29, 1.82) is 0 Å². The first kappa shape index (κ1) is 90.1. The molecule has 0 aromatic heterocycles. The Balaban J connectivity index is 5.24. The molecule has 0 aliphatic carbocycles. The molecule has 0 heterocycles. The molecule has 0 spiro atoms. The Morgan fingerprint density at radius 2 is 0.500 bits per heavy atom. The molecule has 17 nitrogen and oxygen atoms in total. The molecule has 2 unspecified atom stereocenters. The van der Waals surface area contributed by atoms with Crippen molar-refractivity contribution in [1.82, 2.24) is 0 Å². The summed E-state index contributed by atoms with van der Waals surface area (Å²) in [4.78, 5) is 72.7. The topological polar surface area (TPSA) is 237 Å². The lowest BCUT2D eigenvalue weighted by Gasteiger charge is -2.21. The molecule has 0 rings (SSSR count). The molecule has 3 N–H and O–H groups in total. The lowest BCUT2D eigenvalue weighted by atomic mass is 10.0. The second-order valence-corrected chi connectivity index (χ2v) is 29.7. The highest BCUT2D eigenvalue weighted by atomic mass is 31.2. The van der Waals surface area contributed by atoms with E-state index in [4.69, 9.17) is 37.0 Å². The fourth-order valence-corrected chi connectivity index (χ4v) is 12.8. The number of ether oxygens (including phenoxy) is 4. The molecule has 0 aromatic carbocycles. The van der Waals surface area contributed by atoms with Gasteiger partial charge in [0.2, 0.25) is 0 Å². The average Bonchev–Trinajstić information content (AvgIpc) is 1.98. The molecule has 0 fully saturated rings. The van der Waals surface area contributed by atoms with Crippen LogP contribution in [0.1, 0.15) is 381 Å². The minimum absolute atomic E-state index is 0.107. The minimum atomic E-state index is -4.95. The van der Waals surface area contributed by atoms with Crippen molar-refractivity contribution in [3.8, 4) is 0 Å². The number of aliphatic hydroxyl groups is 1. The van der Waals surface area contributed by atoms with Crippen molar-refractivity contribution < 1.29 is 80.2 Å². The number of carbonyl (C=O) groups excluding carboxylic acids is 4. The van der Waals surface area contributed by atoms with Gasteiger partial charge >= 0.3 is 39.5 Å². The van der Waals surface area contributed by atoms with Crippen molar-refractivity contribution in [2.45, 2.75) is 400 Å². The molecule has 0 bridgehead atoms. The van der Waals surface area contributed by atoms with Gasteiger partial charge in [0.05, 0.1) is 26.4 Å². The molecule has 19 heteroatoms. The van der Waals surface area contributed by atoms with E-state index in [0.717, 1.165) is 96.3 Å². The molecule has 5 atom stereocenters. The molecule has 92 heavy (non-hydrogen) atoms. The first-order valence-corrected chi connectivity index (χ1v) is 41.1. The van der Waals surface area contributed by atoms with Gasteiger partial charge in [-0.2, -0.15) is 0 Å². The number of unbranched alkanes of at least 4 members (excludes halogenated alkanes) is 45. The van der Waals surface area contributed by atoms with E-state index in [2.05, 4.69) is 34.6 Å². The number of hydrogen-bond donors (Lipinski definition) is 3. The summed E-state index contributed by atoms with van der Waals surface area (Å²) in [6.45, 7) is 7.22. The van der Waals surface area contributed by atoms with Crippen molar-refractivity contribution in [2.75, 3.05) is 39.6 Å². The summed E-state index contributed by atoms with van der Waals surface area (Å²) in [6.07, 6.45) is 54.0. The lowest BCUT2D eigenvalue weighted by Crippen LogP contribution is -2.30. The number of esters is 4. The van der Waals surface area contributed by atoms with E-state index >= 15 is 0 Å². The van der Waals surface area contributed by atoms with Gasteiger partial charge in [-0.25, -0.2) is 9.13 Å². The predicted molar refractivity (Wildman–Crippen MR) is 372 cm³/mol. The van der Waals surface area contributed by atoms with Gasteiger partial charge in [-0.1, -0.05) is 330 Å². The average molecular weight is 1350 g/mol. The van der Waals surface area contributed by atoms with Crippen molar-refractivity contribution in [3.63, 3.8) is 0 Å². The molecule has 0 saturated heterocycles. The molecular formula is C73H142O17P2. The second-order valence-electron chi connectivity index (χ2n) is 26.8. The van der Waals surface area contributed by atoms with Gasteiger partial charge in [-0.15, -0.1) is 0 Å². The van der Waals surface area contributed by atoms with Crippen LogP contribution in [0.4, 0.5) is 0 Å². The van der Waals surface area contributed by atoms with E-state index in [0.29, 0.717) is 31.6 Å². The quantitative estimate of drug-likeness (QED) is 0.0222. The Labute approximate surface area is 562 Å².